The van der Waals surface area contributed by atoms with Crippen molar-refractivity contribution in [2.24, 2.45) is 4.99 Å². The molecule has 2 aromatic rings. The quantitative estimate of drug-likeness (QED) is 0.321. The Morgan fingerprint density at radius 2 is 1.94 bits per heavy atom. The Bertz CT molecular complexity index is 991. The fraction of sp³-hybridized carbons (Fsp3) is 0.474. The Labute approximate surface area is 198 Å². The lowest BCUT2D eigenvalue weighted by molar-refractivity contribution is 0.174. The monoisotopic (exact) mass is 563 g/mol. The van der Waals surface area contributed by atoms with Crippen LogP contribution in [0.4, 0.5) is 0 Å². The molecule has 0 spiro atoms. The zero-order valence-corrected chi connectivity index (χ0v) is 20.3. The van der Waals surface area contributed by atoms with E-state index in [1.807, 2.05) is 25.1 Å². The molecule has 31 heavy (non-hydrogen) atoms. The molecule has 0 amide bonds. The van der Waals surface area contributed by atoms with Crippen LogP contribution in [0.15, 0.2) is 40.0 Å². The number of hydrogen-bond donors (Lipinski definition) is 1. The van der Waals surface area contributed by atoms with Crippen molar-refractivity contribution in [1.29, 1.82) is 0 Å². The molecular weight excluding hydrogens is 537 g/mol. The van der Waals surface area contributed by atoms with Crippen molar-refractivity contribution in [2.45, 2.75) is 19.2 Å². The summed E-state index contributed by atoms with van der Waals surface area (Å²) in [5.41, 5.74) is 1.43. The van der Waals surface area contributed by atoms with Crippen LogP contribution >= 0.6 is 24.0 Å². The van der Waals surface area contributed by atoms with Gasteiger partial charge in [0.2, 0.25) is 16.8 Å². The van der Waals surface area contributed by atoms with Crippen LogP contribution in [0.2, 0.25) is 0 Å². The molecule has 1 aromatic carbocycles. The maximum atomic E-state index is 12.6. The van der Waals surface area contributed by atoms with Gasteiger partial charge in [0.15, 0.2) is 17.5 Å². The fourth-order valence-electron chi connectivity index (χ4n) is 3.40. The number of aliphatic imine (C=N–C) groups is 1. The van der Waals surface area contributed by atoms with E-state index in [4.69, 9.17) is 19.0 Å². The summed E-state index contributed by atoms with van der Waals surface area (Å²) in [6.45, 7) is 5.39. The molecule has 1 fully saturated rings. The van der Waals surface area contributed by atoms with Crippen molar-refractivity contribution in [3.05, 3.63) is 41.8 Å². The van der Waals surface area contributed by atoms with Gasteiger partial charge in [-0.15, -0.1) is 24.0 Å². The molecule has 10 nitrogen and oxygen atoms in total. The first-order valence-electron chi connectivity index (χ1n) is 9.84. The summed E-state index contributed by atoms with van der Waals surface area (Å²) in [7, 11) is -3.43. The topological polar surface area (TPSA) is 110 Å². The van der Waals surface area contributed by atoms with Gasteiger partial charge in [-0.1, -0.05) is 11.2 Å². The number of rotatable bonds is 6. The van der Waals surface area contributed by atoms with Crippen LogP contribution in [0.25, 0.3) is 0 Å². The molecule has 0 radical (unpaired) electrons. The summed E-state index contributed by atoms with van der Waals surface area (Å²) < 4.78 is 42.2. The second kappa shape index (κ2) is 10.5. The number of ether oxygens (including phenoxy) is 2. The van der Waals surface area contributed by atoms with Crippen molar-refractivity contribution in [1.82, 2.24) is 19.7 Å². The lowest BCUT2D eigenvalue weighted by Crippen LogP contribution is -2.53. The smallest absolute Gasteiger partial charge is 0.231 e. The summed E-state index contributed by atoms with van der Waals surface area (Å²) in [6.07, 6.45) is 1.38. The van der Waals surface area contributed by atoms with E-state index in [2.05, 4.69) is 15.4 Å². The van der Waals surface area contributed by atoms with E-state index in [0.29, 0.717) is 38.4 Å². The summed E-state index contributed by atoms with van der Waals surface area (Å²) in [6, 6.07) is 7.36. The van der Waals surface area contributed by atoms with Gasteiger partial charge < -0.3 is 24.2 Å². The van der Waals surface area contributed by atoms with Crippen molar-refractivity contribution < 1.29 is 22.4 Å². The highest BCUT2D eigenvalue weighted by Gasteiger charge is 2.29. The zero-order valence-electron chi connectivity index (χ0n) is 17.2. The van der Waals surface area contributed by atoms with Crippen LogP contribution in [0.3, 0.4) is 0 Å². The highest BCUT2D eigenvalue weighted by Crippen LogP contribution is 2.32. The summed E-state index contributed by atoms with van der Waals surface area (Å²) in [4.78, 5) is 6.81. The minimum atomic E-state index is -3.43. The van der Waals surface area contributed by atoms with Gasteiger partial charge in [0.1, 0.15) is 12.0 Å². The molecule has 0 unspecified atom stereocenters. The molecule has 0 saturated carbocycles. The molecule has 2 aliphatic rings. The van der Waals surface area contributed by atoms with E-state index in [-0.39, 0.29) is 36.5 Å². The van der Waals surface area contributed by atoms with Gasteiger partial charge in [-0.25, -0.2) is 13.4 Å². The van der Waals surface area contributed by atoms with Gasteiger partial charge >= 0.3 is 0 Å². The summed E-state index contributed by atoms with van der Waals surface area (Å²) >= 11 is 0. The van der Waals surface area contributed by atoms with Gasteiger partial charge in [-0.3, -0.25) is 0 Å². The van der Waals surface area contributed by atoms with Gasteiger partial charge in [0, 0.05) is 38.8 Å². The predicted molar refractivity (Wildman–Crippen MR) is 125 cm³/mol. The summed E-state index contributed by atoms with van der Waals surface area (Å²) in [5.74, 6) is 2.10. The van der Waals surface area contributed by atoms with Crippen LogP contribution in [-0.2, 0) is 22.3 Å². The third-order valence-electron chi connectivity index (χ3n) is 4.94. The molecule has 1 aromatic heterocycles. The molecule has 0 atom stereocenters. The van der Waals surface area contributed by atoms with Crippen molar-refractivity contribution in [3.8, 4) is 11.5 Å². The largest absolute Gasteiger partial charge is 0.454 e. The highest BCUT2D eigenvalue weighted by molar-refractivity contribution is 14.0. The molecule has 4 rings (SSSR count). The number of benzene rings is 1. The average Bonchev–Trinajstić information content (AvgIpc) is 3.42. The van der Waals surface area contributed by atoms with Crippen LogP contribution in [0.5, 0.6) is 11.5 Å². The van der Waals surface area contributed by atoms with Crippen molar-refractivity contribution in [2.75, 3.05) is 39.5 Å². The minimum Gasteiger partial charge on any atom is -0.454 e. The molecule has 2 aliphatic heterocycles. The van der Waals surface area contributed by atoms with Crippen molar-refractivity contribution >= 4 is 40.0 Å². The molecule has 170 valence electrons. The van der Waals surface area contributed by atoms with Gasteiger partial charge in [-0.05, 0) is 24.6 Å². The van der Waals surface area contributed by atoms with E-state index in [9.17, 15) is 8.42 Å². The number of fused-ring (bicyclic) bond motifs is 1. The highest BCUT2D eigenvalue weighted by atomic mass is 127. The molecule has 1 saturated heterocycles. The number of sulfonamides is 1. The summed E-state index contributed by atoms with van der Waals surface area (Å²) in [5, 5.41) is 7.00. The minimum absolute atomic E-state index is 0. The Morgan fingerprint density at radius 3 is 2.65 bits per heavy atom. The Morgan fingerprint density at radius 1 is 1.16 bits per heavy atom. The third kappa shape index (κ3) is 5.80. The van der Waals surface area contributed by atoms with E-state index in [1.165, 1.54) is 10.6 Å². The number of halogens is 1. The standard InChI is InChI=1S/C19H25N5O5S.HI/c1-2-20-19(21-12-15-3-4-17-18(11-15)28-14-27-17)23-6-8-24(9-7-23)30(25,26)13-16-5-10-29-22-16;/h3-5,10-11H,2,6-9,12-14H2,1H3,(H,20,21);1H. The first kappa shape index (κ1) is 23.6. The van der Waals surface area contributed by atoms with E-state index < -0.39 is 10.0 Å². The average molecular weight is 563 g/mol. The lowest BCUT2D eigenvalue weighted by atomic mass is 10.2. The maximum absolute atomic E-state index is 12.6. The normalized spacial score (nSPS) is 16.8. The van der Waals surface area contributed by atoms with Crippen LogP contribution in [-0.4, -0.2) is 68.3 Å². The zero-order chi connectivity index (χ0) is 21.0. The number of aromatic nitrogens is 1. The van der Waals surface area contributed by atoms with Crippen molar-refractivity contribution in [3.63, 3.8) is 0 Å². The third-order valence-corrected chi connectivity index (χ3v) is 6.75. The van der Waals surface area contributed by atoms with Crippen LogP contribution < -0.4 is 14.8 Å². The number of hydrogen-bond acceptors (Lipinski definition) is 7. The molecule has 0 aliphatic carbocycles. The molecule has 1 N–H and O–H groups in total. The Hall–Kier alpha value is -2.06. The second-order valence-corrected chi connectivity index (χ2v) is 8.96. The second-order valence-electron chi connectivity index (χ2n) is 6.99. The molecule has 12 heteroatoms. The Balaban J connectivity index is 0.00000272. The SMILES string of the molecule is CCNC(=NCc1ccc2c(c1)OCO2)N1CCN(S(=O)(=O)Cc2ccon2)CC1.I. The first-order chi connectivity index (χ1) is 14.5. The van der Waals surface area contributed by atoms with E-state index in [0.717, 1.165) is 29.6 Å². The van der Waals surface area contributed by atoms with Crippen LogP contribution in [0, 0.1) is 0 Å². The maximum Gasteiger partial charge on any atom is 0.231 e. The molecule has 0 bridgehead atoms. The van der Waals surface area contributed by atoms with E-state index in [1.54, 1.807) is 6.07 Å². The number of guanidine groups is 1. The molecular formula is C19H26IN5O5S. The van der Waals surface area contributed by atoms with E-state index >= 15 is 0 Å². The van der Waals surface area contributed by atoms with Gasteiger partial charge in [-0.2, -0.15) is 4.31 Å². The lowest BCUT2D eigenvalue weighted by Gasteiger charge is -2.35. The predicted octanol–water partition coefficient (Wildman–Crippen LogP) is 1.63. The molecule has 3 heterocycles. The number of nitrogens with zero attached hydrogens (tertiary/aromatic N) is 4. The van der Waals surface area contributed by atoms with Gasteiger partial charge in [0.05, 0.1) is 12.2 Å². The van der Waals surface area contributed by atoms with Crippen LogP contribution in [0.1, 0.15) is 18.2 Å². The Kier molecular flexibility index (Phi) is 8.00. The first-order valence-corrected chi connectivity index (χ1v) is 11.4. The number of piperazine rings is 1. The fourth-order valence-corrected chi connectivity index (χ4v) is 4.82. The van der Waals surface area contributed by atoms with Gasteiger partial charge in [0.25, 0.3) is 0 Å². The number of nitrogens with one attached hydrogen (secondary N) is 1.